The minimum atomic E-state index is -0.405. The third-order valence-corrected chi connectivity index (χ3v) is 3.86. The number of hydrogen-bond acceptors (Lipinski definition) is 4. The van der Waals surface area contributed by atoms with Crippen molar-refractivity contribution in [2.45, 2.75) is 47.0 Å². The largest absolute Gasteiger partial charge is 0.466 e. The number of ketones is 1. The zero-order chi connectivity index (χ0) is 14.5. The summed E-state index contributed by atoms with van der Waals surface area (Å²) >= 11 is 0. The van der Waals surface area contributed by atoms with E-state index in [0.29, 0.717) is 18.6 Å². The van der Waals surface area contributed by atoms with Crippen LogP contribution in [0.1, 0.15) is 47.0 Å². The van der Waals surface area contributed by atoms with Crippen LogP contribution in [-0.2, 0) is 14.3 Å². The third-order valence-electron chi connectivity index (χ3n) is 3.86. The van der Waals surface area contributed by atoms with E-state index in [2.05, 4.69) is 25.7 Å². The van der Waals surface area contributed by atoms with Gasteiger partial charge in [-0.1, -0.05) is 20.8 Å². The number of hydrogen-bond donors (Lipinski definition) is 0. The molecule has 0 aromatic heterocycles. The normalized spacial score (nSPS) is 18.3. The molecule has 1 rings (SSSR count). The molecule has 0 N–H and O–H groups in total. The number of piperidine rings is 1. The second-order valence-corrected chi connectivity index (χ2v) is 6.44. The number of ether oxygens (including phenoxy) is 1. The first kappa shape index (κ1) is 16.2. The van der Waals surface area contributed by atoms with Crippen molar-refractivity contribution in [2.75, 3.05) is 26.2 Å². The van der Waals surface area contributed by atoms with Crippen molar-refractivity contribution >= 4 is 11.8 Å². The molecule has 1 heterocycles. The summed E-state index contributed by atoms with van der Waals surface area (Å²) in [5.74, 6) is 0.286. The van der Waals surface area contributed by atoms with E-state index in [9.17, 15) is 9.59 Å². The lowest BCUT2D eigenvalue weighted by Gasteiger charge is -2.38. The molecule has 0 amide bonds. The second-order valence-electron chi connectivity index (χ2n) is 6.44. The number of nitrogens with zero attached hydrogens (tertiary/aromatic N) is 1. The molecule has 1 fully saturated rings. The van der Waals surface area contributed by atoms with E-state index < -0.39 is 5.97 Å². The molecule has 19 heavy (non-hydrogen) atoms. The lowest BCUT2D eigenvalue weighted by atomic mass is 9.75. The summed E-state index contributed by atoms with van der Waals surface area (Å²) in [6.45, 7) is 11.2. The fraction of sp³-hybridized carbons (Fsp3) is 0.867. The molecule has 1 aliphatic heterocycles. The minimum Gasteiger partial charge on any atom is -0.466 e. The van der Waals surface area contributed by atoms with Gasteiger partial charge in [-0.05, 0) is 44.2 Å². The molecular weight excluding hydrogens is 242 g/mol. The van der Waals surface area contributed by atoms with E-state index in [-0.39, 0.29) is 12.2 Å². The molecule has 0 saturated carbocycles. The maximum Gasteiger partial charge on any atom is 0.313 e. The lowest BCUT2D eigenvalue weighted by Crippen LogP contribution is -2.40. The summed E-state index contributed by atoms with van der Waals surface area (Å²) in [4.78, 5) is 25.1. The van der Waals surface area contributed by atoms with Crippen molar-refractivity contribution in [1.82, 2.24) is 4.90 Å². The van der Waals surface area contributed by atoms with Crippen molar-refractivity contribution in [3.8, 4) is 0 Å². The average Bonchev–Trinajstić information content (AvgIpc) is 2.28. The summed E-state index contributed by atoms with van der Waals surface area (Å²) in [5.41, 5.74) is 0.348. The Bertz CT molecular complexity index is 312. The summed E-state index contributed by atoms with van der Waals surface area (Å²) in [6, 6.07) is 0. The van der Waals surface area contributed by atoms with Crippen LogP contribution in [0.5, 0.6) is 0 Å². The van der Waals surface area contributed by atoms with Crippen LogP contribution in [0.2, 0.25) is 0 Å². The predicted molar refractivity (Wildman–Crippen MR) is 74.9 cm³/mol. The van der Waals surface area contributed by atoms with E-state index in [1.54, 1.807) is 6.92 Å². The number of Topliss-reactive ketones (excluding diaryl/α,β-unsaturated/α-hetero) is 1. The summed E-state index contributed by atoms with van der Waals surface area (Å²) in [6.07, 6.45) is 2.18. The van der Waals surface area contributed by atoms with E-state index in [0.717, 1.165) is 31.8 Å². The van der Waals surface area contributed by atoms with Crippen molar-refractivity contribution < 1.29 is 14.3 Å². The molecule has 0 aromatic rings. The van der Waals surface area contributed by atoms with Gasteiger partial charge in [0.25, 0.3) is 0 Å². The Morgan fingerprint density at radius 1 is 1.21 bits per heavy atom. The van der Waals surface area contributed by atoms with E-state index in [1.165, 1.54) is 0 Å². The molecule has 4 nitrogen and oxygen atoms in total. The zero-order valence-electron chi connectivity index (χ0n) is 12.7. The van der Waals surface area contributed by atoms with Crippen LogP contribution in [0.15, 0.2) is 0 Å². The number of carbonyl (C=O) groups excluding carboxylic acids is 2. The molecule has 1 saturated heterocycles. The van der Waals surface area contributed by atoms with Gasteiger partial charge >= 0.3 is 5.97 Å². The van der Waals surface area contributed by atoms with Crippen LogP contribution in [0.4, 0.5) is 0 Å². The van der Waals surface area contributed by atoms with Gasteiger partial charge in [-0.3, -0.25) is 14.5 Å². The Morgan fingerprint density at radius 2 is 1.79 bits per heavy atom. The van der Waals surface area contributed by atoms with Crippen molar-refractivity contribution in [2.24, 2.45) is 11.3 Å². The molecule has 0 radical (unpaired) electrons. The Hall–Kier alpha value is -0.900. The van der Waals surface area contributed by atoms with E-state index in [4.69, 9.17) is 4.74 Å². The van der Waals surface area contributed by atoms with Crippen LogP contribution in [0, 0.1) is 11.3 Å². The first-order valence-electron chi connectivity index (χ1n) is 7.22. The highest BCUT2D eigenvalue weighted by Gasteiger charge is 2.29. The summed E-state index contributed by atoms with van der Waals surface area (Å²) in [7, 11) is 0. The molecule has 1 aliphatic rings. The molecule has 0 atom stereocenters. The lowest BCUT2D eigenvalue weighted by molar-refractivity contribution is -0.145. The highest BCUT2D eigenvalue weighted by atomic mass is 16.5. The Labute approximate surface area is 116 Å². The first-order chi connectivity index (χ1) is 8.82. The minimum absolute atomic E-state index is 0.0346. The van der Waals surface area contributed by atoms with Gasteiger partial charge in [0, 0.05) is 0 Å². The number of carbonyl (C=O) groups is 2. The van der Waals surface area contributed by atoms with Crippen LogP contribution >= 0.6 is 0 Å². The van der Waals surface area contributed by atoms with Crippen LogP contribution < -0.4 is 0 Å². The number of rotatable bonds is 5. The van der Waals surface area contributed by atoms with Gasteiger partial charge in [0.2, 0.25) is 0 Å². The quantitative estimate of drug-likeness (QED) is 0.567. The Morgan fingerprint density at radius 3 is 2.26 bits per heavy atom. The predicted octanol–water partition coefficient (Wildman–Crippen LogP) is 2.27. The molecule has 0 bridgehead atoms. The van der Waals surface area contributed by atoms with Crippen LogP contribution in [0.3, 0.4) is 0 Å². The molecule has 0 unspecified atom stereocenters. The number of esters is 1. The van der Waals surface area contributed by atoms with E-state index >= 15 is 0 Å². The van der Waals surface area contributed by atoms with Crippen LogP contribution in [-0.4, -0.2) is 42.9 Å². The Kier molecular flexibility index (Phi) is 5.98. The molecular formula is C15H27NO3. The monoisotopic (exact) mass is 269 g/mol. The van der Waals surface area contributed by atoms with Gasteiger partial charge in [0.05, 0.1) is 13.2 Å². The second kappa shape index (κ2) is 7.04. The van der Waals surface area contributed by atoms with E-state index in [1.807, 2.05) is 0 Å². The maximum atomic E-state index is 11.7. The molecule has 4 heteroatoms. The first-order valence-corrected chi connectivity index (χ1v) is 7.22. The van der Waals surface area contributed by atoms with Gasteiger partial charge in [0.1, 0.15) is 6.42 Å². The maximum absolute atomic E-state index is 11.7. The van der Waals surface area contributed by atoms with Gasteiger partial charge in [-0.15, -0.1) is 0 Å². The van der Waals surface area contributed by atoms with Gasteiger partial charge in [-0.2, -0.15) is 0 Å². The highest BCUT2D eigenvalue weighted by molar-refractivity contribution is 5.96. The standard InChI is InChI=1S/C15H27NO3/c1-5-19-14(18)10-13(17)11-16-8-6-12(7-9-16)15(2,3)4/h12H,5-11H2,1-4H3. The summed E-state index contributed by atoms with van der Waals surface area (Å²) < 4.78 is 4.79. The van der Waals surface area contributed by atoms with Crippen molar-refractivity contribution in [3.63, 3.8) is 0 Å². The molecule has 0 aromatic carbocycles. The highest BCUT2D eigenvalue weighted by Crippen LogP contribution is 2.34. The third kappa shape index (κ3) is 5.72. The van der Waals surface area contributed by atoms with Crippen molar-refractivity contribution in [3.05, 3.63) is 0 Å². The average molecular weight is 269 g/mol. The fourth-order valence-corrected chi connectivity index (χ4v) is 2.64. The summed E-state index contributed by atoms with van der Waals surface area (Å²) in [5, 5.41) is 0. The molecule has 110 valence electrons. The van der Waals surface area contributed by atoms with Crippen molar-refractivity contribution in [1.29, 1.82) is 0 Å². The Balaban J connectivity index is 2.29. The van der Waals surface area contributed by atoms with Crippen LogP contribution in [0.25, 0.3) is 0 Å². The number of likely N-dealkylation sites (tertiary alicyclic amines) is 1. The molecule has 0 spiro atoms. The molecule has 0 aliphatic carbocycles. The zero-order valence-corrected chi connectivity index (χ0v) is 12.7. The topological polar surface area (TPSA) is 46.6 Å². The van der Waals surface area contributed by atoms with Gasteiger partial charge in [-0.25, -0.2) is 0 Å². The van der Waals surface area contributed by atoms with Gasteiger partial charge < -0.3 is 4.74 Å². The SMILES string of the molecule is CCOC(=O)CC(=O)CN1CCC(C(C)(C)C)CC1. The fourth-order valence-electron chi connectivity index (χ4n) is 2.64. The smallest absolute Gasteiger partial charge is 0.313 e. The van der Waals surface area contributed by atoms with Gasteiger partial charge in [0.15, 0.2) is 5.78 Å².